The lowest BCUT2D eigenvalue weighted by atomic mass is 9.90. The van der Waals surface area contributed by atoms with Crippen LogP contribution in [0.25, 0.3) is 0 Å². The molecule has 0 nitrogen and oxygen atoms in total. The standard InChI is InChI=1S/C15H26/c1-2-6-10-14(11-7-3-1)15-12-8-4-5-9-13-15/h1-13H2. The van der Waals surface area contributed by atoms with E-state index < -0.39 is 0 Å². The van der Waals surface area contributed by atoms with Gasteiger partial charge in [0.15, 0.2) is 0 Å². The maximum Gasteiger partial charge on any atom is -0.0318 e. The van der Waals surface area contributed by atoms with Crippen molar-refractivity contribution in [3.63, 3.8) is 0 Å². The van der Waals surface area contributed by atoms with Gasteiger partial charge in [-0.05, 0) is 51.4 Å². The molecule has 0 aromatic rings. The van der Waals surface area contributed by atoms with Crippen molar-refractivity contribution < 1.29 is 0 Å². The van der Waals surface area contributed by atoms with Crippen LogP contribution in [0.1, 0.15) is 83.5 Å². The summed E-state index contributed by atoms with van der Waals surface area (Å²) in [6, 6.07) is 0. The molecule has 86 valence electrons. The Hall–Kier alpha value is -0.260. The van der Waals surface area contributed by atoms with E-state index in [2.05, 4.69) is 0 Å². The molecule has 0 atom stereocenters. The first-order valence-electron chi connectivity index (χ1n) is 7.16. The highest BCUT2D eigenvalue weighted by Gasteiger charge is 2.11. The SMILES string of the molecule is C1CCCC(=C2CCCCCC2)CCC1. The fourth-order valence-corrected chi connectivity index (χ4v) is 3.19. The predicted molar refractivity (Wildman–Crippen MR) is 67.0 cm³/mol. The molecule has 0 heterocycles. The molecule has 2 fully saturated rings. The van der Waals surface area contributed by atoms with Gasteiger partial charge < -0.3 is 0 Å². The van der Waals surface area contributed by atoms with Crippen molar-refractivity contribution in [2.75, 3.05) is 0 Å². The zero-order valence-corrected chi connectivity index (χ0v) is 10.2. The van der Waals surface area contributed by atoms with Crippen LogP contribution in [0.15, 0.2) is 11.1 Å². The molecule has 0 N–H and O–H groups in total. The number of hydrogen-bond donors (Lipinski definition) is 0. The van der Waals surface area contributed by atoms with Gasteiger partial charge >= 0.3 is 0 Å². The van der Waals surface area contributed by atoms with Crippen molar-refractivity contribution in [2.24, 2.45) is 0 Å². The van der Waals surface area contributed by atoms with Crippen molar-refractivity contribution in [2.45, 2.75) is 83.5 Å². The lowest BCUT2D eigenvalue weighted by Gasteiger charge is -2.17. The van der Waals surface area contributed by atoms with Gasteiger partial charge in [0, 0.05) is 0 Å². The summed E-state index contributed by atoms with van der Waals surface area (Å²) in [5.74, 6) is 0. The molecular formula is C15H26. The first kappa shape index (κ1) is 11.2. The third kappa shape index (κ3) is 3.66. The molecule has 2 aliphatic rings. The Morgan fingerprint density at radius 1 is 0.333 bits per heavy atom. The minimum Gasteiger partial charge on any atom is -0.0710 e. The van der Waals surface area contributed by atoms with Crippen LogP contribution in [0.4, 0.5) is 0 Å². The highest BCUT2D eigenvalue weighted by molar-refractivity contribution is 5.15. The van der Waals surface area contributed by atoms with Crippen LogP contribution < -0.4 is 0 Å². The van der Waals surface area contributed by atoms with Gasteiger partial charge in [0.25, 0.3) is 0 Å². The molecule has 2 saturated carbocycles. The van der Waals surface area contributed by atoms with Crippen molar-refractivity contribution in [3.05, 3.63) is 11.1 Å². The summed E-state index contributed by atoms with van der Waals surface area (Å²) in [6.07, 6.45) is 19.1. The second-order valence-corrected chi connectivity index (χ2v) is 5.39. The second kappa shape index (κ2) is 6.35. The van der Waals surface area contributed by atoms with Crippen LogP contribution in [-0.2, 0) is 0 Å². The van der Waals surface area contributed by atoms with Gasteiger partial charge in [0.2, 0.25) is 0 Å². The number of hydrogen-bond acceptors (Lipinski definition) is 0. The third-order valence-corrected chi connectivity index (χ3v) is 4.16. The largest absolute Gasteiger partial charge is 0.0710 e. The molecule has 0 aliphatic heterocycles. The van der Waals surface area contributed by atoms with E-state index >= 15 is 0 Å². The van der Waals surface area contributed by atoms with Crippen molar-refractivity contribution in [1.29, 1.82) is 0 Å². The Labute approximate surface area is 95.1 Å². The smallest absolute Gasteiger partial charge is 0.0318 e. The summed E-state index contributed by atoms with van der Waals surface area (Å²) < 4.78 is 0. The Morgan fingerprint density at radius 2 is 0.600 bits per heavy atom. The zero-order valence-electron chi connectivity index (χ0n) is 10.2. The van der Waals surface area contributed by atoms with E-state index in [-0.39, 0.29) is 0 Å². The molecule has 0 spiro atoms. The molecule has 2 aliphatic carbocycles. The van der Waals surface area contributed by atoms with E-state index in [1.54, 1.807) is 0 Å². The van der Waals surface area contributed by atoms with Gasteiger partial charge in [-0.3, -0.25) is 0 Å². The summed E-state index contributed by atoms with van der Waals surface area (Å²) in [5.41, 5.74) is 3.77. The van der Waals surface area contributed by atoms with Gasteiger partial charge in [0.1, 0.15) is 0 Å². The molecular weight excluding hydrogens is 180 g/mol. The third-order valence-electron chi connectivity index (χ3n) is 4.16. The fourth-order valence-electron chi connectivity index (χ4n) is 3.19. The van der Waals surface area contributed by atoms with Crippen LogP contribution in [0.2, 0.25) is 0 Å². The normalized spacial score (nSPS) is 25.6. The minimum atomic E-state index is 1.44. The highest BCUT2D eigenvalue weighted by Crippen LogP contribution is 2.31. The molecule has 0 amide bonds. The second-order valence-electron chi connectivity index (χ2n) is 5.39. The molecule has 0 saturated heterocycles. The summed E-state index contributed by atoms with van der Waals surface area (Å²) >= 11 is 0. The van der Waals surface area contributed by atoms with Gasteiger partial charge in [-0.2, -0.15) is 0 Å². The molecule has 0 aromatic carbocycles. The van der Waals surface area contributed by atoms with E-state index in [9.17, 15) is 0 Å². The minimum absolute atomic E-state index is 1.44. The molecule has 0 unspecified atom stereocenters. The predicted octanol–water partition coefficient (Wildman–Crippen LogP) is 5.38. The average Bonchev–Trinajstić information content (AvgIpc) is 2.45. The summed E-state index contributed by atoms with van der Waals surface area (Å²) in [4.78, 5) is 0. The van der Waals surface area contributed by atoms with E-state index in [0.717, 1.165) is 0 Å². The van der Waals surface area contributed by atoms with E-state index in [1.807, 2.05) is 11.1 Å². The quantitative estimate of drug-likeness (QED) is 0.368. The Balaban J connectivity index is 1.98. The van der Waals surface area contributed by atoms with Gasteiger partial charge in [-0.15, -0.1) is 0 Å². The Bertz CT molecular complexity index is 192. The molecule has 0 aromatic heterocycles. The molecule has 0 bridgehead atoms. The first-order chi connectivity index (χ1) is 7.47. The van der Waals surface area contributed by atoms with Crippen LogP contribution in [0, 0.1) is 0 Å². The topological polar surface area (TPSA) is 0 Å². The van der Waals surface area contributed by atoms with Gasteiger partial charge in [-0.1, -0.05) is 43.3 Å². The van der Waals surface area contributed by atoms with Gasteiger partial charge in [0.05, 0.1) is 0 Å². The lowest BCUT2D eigenvalue weighted by Crippen LogP contribution is -1.97. The van der Waals surface area contributed by atoms with Crippen LogP contribution in [-0.4, -0.2) is 0 Å². The fraction of sp³-hybridized carbons (Fsp3) is 0.867. The van der Waals surface area contributed by atoms with Crippen LogP contribution in [0.3, 0.4) is 0 Å². The van der Waals surface area contributed by atoms with Crippen LogP contribution in [0.5, 0.6) is 0 Å². The Morgan fingerprint density at radius 3 is 0.933 bits per heavy atom. The highest BCUT2D eigenvalue weighted by atomic mass is 14.2. The van der Waals surface area contributed by atoms with Gasteiger partial charge in [-0.25, -0.2) is 0 Å². The summed E-state index contributed by atoms with van der Waals surface area (Å²) in [5, 5.41) is 0. The lowest BCUT2D eigenvalue weighted by molar-refractivity contribution is 0.560. The summed E-state index contributed by atoms with van der Waals surface area (Å²) in [6.45, 7) is 0. The van der Waals surface area contributed by atoms with Crippen molar-refractivity contribution in [1.82, 2.24) is 0 Å². The molecule has 0 radical (unpaired) electrons. The maximum atomic E-state index is 1.89. The first-order valence-corrected chi connectivity index (χ1v) is 7.16. The van der Waals surface area contributed by atoms with Crippen molar-refractivity contribution >= 4 is 0 Å². The average molecular weight is 206 g/mol. The van der Waals surface area contributed by atoms with Crippen molar-refractivity contribution in [3.8, 4) is 0 Å². The van der Waals surface area contributed by atoms with Crippen LogP contribution >= 0.6 is 0 Å². The van der Waals surface area contributed by atoms with E-state index in [1.165, 1.54) is 83.5 Å². The number of rotatable bonds is 0. The molecule has 15 heavy (non-hydrogen) atoms. The monoisotopic (exact) mass is 206 g/mol. The molecule has 0 heteroatoms. The van der Waals surface area contributed by atoms with E-state index in [0.29, 0.717) is 0 Å². The zero-order chi connectivity index (χ0) is 10.3. The maximum absolute atomic E-state index is 1.89. The Kier molecular flexibility index (Phi) is 4.76. The molecule has 2 rings (SSSR count). The van der Waals surface area contributed by atoms with E-state index in [4.69, 9.17) is 0 Å². The summed E-state index contributed by atoms with van der Waals surface area (Å²) in [7, 11) is 0. The number of allylic oxidation sites excluding steroid dienone is 2.